The molecule has 0 radical (unpaired) electrons. The highest BCUT2D eigenvalue weighted by atomic mass is 35.5. The number of rotatable bonds is 2. The van der Waals surface area contributed by atoms with Crippen LogP contribution in [0, 0.1) is 562 Å². The third-order valence-electron chi connectivity index (χ3n) is 65.8. The molecule has 0 heterocycles. The first kappa shape index (κ1) is 54.4. The van der Waals surface area contributed by atoms with E-state index in [2.05, 4.69) is 6.92 Å². The van der Waals surface area contributed by atoms with Crippen molar-refractivity contribution in [1.29, 1.82) is 0 Å². The summed E-state index contributed by atoms with van der Waals surface area (Å²) in [6, 6.07) is 0. The Hall–Kier alpha value is -0.0800. The first-order valence-electron chi connectivity index (χ1n) is 53.3. The smallest absolute Gasteiger partial charge is 0.225 e. The molecular formula is C107H116Cl2O2. The van der Waals surface area contributed by atoms with E-state index in [1.54, 1.807) is 38.5 Å². The van der Waals surface area contributed by atoms with Gasteiger partial charge in [-0.1, -0.05) is 6.92 Å². The maximum atomic E-state index is 15.9. The van der Waals surface area contributed by atoms with Gasteiger partial charge in [0.2, 0.25) is 10.5 Å². The summed E-state index contributed by atoms with van der Waals surface area (Å²) in [5.74, 6) is 104. The zero-order valence-electron chi connectivity index (χ0n) is 64.8. The number of carbonyl (C=O) groups excluding carboxylic acids is 2. The van der Waals surface area contributed by atoms with Gasteiger partial charge in [0, 0.05) is 11.8 Å². The molecular weight excluding hydrogens is 1390 g/mol. The summed E-state index contributed by atoms with van der Waals surface area (Å²) in [7, 11) is 0. The largest absolute Gasteiger partial charge is 0.281 e. The molecule has 47 saturated carbocycles. The maximum absolute atomic E-state index is 15.9. The molecule has 0 saturated heterocycles. The van der Waals surface area contributed by atoms with Gasteiger partial charge in [-0.3, -0.25) is 9.59 Å². The van der Waals surface area contributed by atoms with Gasteiger partial charge in [0.05, 0.1) is 0 Å². The van der Waals surface area contributed by atoms with E-state index in [9.17, 15) is 0 Å². The highest BCUT2D eigenvalue weighted by Crippen LogP contribution is 3.07. The molecule has 0 spiro atoms. The van der Waals surface area contributed by atoms with Crippen LogP contribution in [0.25, 0.3) is 0 Å². The van der Waals surface area contributed by atoms with Gasteiger partial charge in [0.25, 0.3) is 0 Å². The lowest BCUT2D eigenvalue weighted by Crippen LogP contribution is -2.97. The van der Waals surface area contributed by atoms with Gasteiger partial charge in [-0.2, -0.15) is 0 Å². The van der Waals surface area contributed by atoms with Crippen LogP contribution in [-0.2, 0) is 9.59 Å². The first-order chi connectivity index (χ1) is 54.9. The molecule has 2 nitrogen and oxygen atoms in total. The monoisotopic (exact) mass is 1500 g/mol. The maximum Gasteiger partial charge on any atom is 0.225 e. The van der Waals surface area contributed by atoms with Crippen LogP contribution in [0.3, 0.4) is 0 Å². The molecule has 4 heteroatoms. The number of carbonyl (C=O) groups is 2. The summed E-state index contributed by atoms with van der Waals surface area (Å²) in [5.41, 5.74) is 0. The summed E-state index contributed by atoms with van der Waals surface area (Å²) in [4.78, 5) is 30.9. The van der Waals surface area contributed by atoms with Crippen LogP contribution in [0.1, 0.15) is 64.7 Å². The molecule has 0 bridgehead atoms. The number of halogens is 2. The topological polar surface area (TPSA) is 34.1 Å². The van der Waals surface area contributed by atoms with E-state index in [0.29, 0.717) is 17.8 Å². The van der Waals surface area contributed by atoms with Gasteiger partial charge in [-0.25, -0.2) is 0 Å². The molecule has 0 aliphatic heterocycles. The molecule has 0 aromatic rings. The van der Waals surface area contributed by atoms with Crippen LogP contribution in [-0.4, -0.2) is 10.5 Å². The second-order valence-corrected chi connectivity index (χ2v) is 60.0. The van der Waals surface area contributed by atoms with Crippen molar-refractivity contribution in [1.82, 2.24) is 0 Å². The fourth-order valence-electron chi connectivity index (χ4n) is 72.0. The second kappa shape index (κ2) is 14.5. The summed E-state index contributed by atoms with van der Waals surface area (Å²) in [6.07, 6.45) is 14.0. The molecule has 47 aliphatic rings. The molecule has 47 fully saturated rings. The van der Waals surface area contributed by atoms with Crippen molar-refractivity contribution in [3.63, 3.8) is 0 Å². The minimum absolute atomic E-state index is 0.193. The van der Waals surface area contributed by atoms with Crippen LogP contribution < -0.4 is 0 Å². The van der Waals surface area contributed by atoms with Crippen LogP contribution >= 0.6 is 23.2 Å². The van der Waals surface area contributed by atoms with Crippen molar-refractivity contribution in [2.24, 2.45) is 562 Å². The summed E-state index contributed by atoms with van der Waals surface area (Å²) in [6.45, 7) is 2.84. The predicted octanol–water partition coefficient (Wildman–Crippen LogP) is 16.2. The molecule has 47 rings (SSSR count). The molecule has 570 valence electrons. The molecule has 0 amide bonds. The van der Waals surface area contributed by atoms with Crippen LogP contribution in [0.15, 0.2) is 0 Å². The third kappa shape index (κ3) is 3.89. The second-order valence-electron chi connectivity index (χ2n) is 59.2. The normalized spacial score (nSPS) is 94.8. The van der Waals surface area contributed by atoms with Crippen molar-refractivity contribution in [2.75, 3.05) is 0 Å². The molecule has 0 aromatic carbocycles. The van der Waals surface area contributed by atoms with Gasteiger partial charge in [0.1, 0.15) is 0 Å². The van der Waals surface area contributed by atoms with Gasteiger partial charge in [0.15, 0.2) is 0 Å². The van der Waals surface area contributed by atoms with E-state index in [1.807, 2.05) is 0 Å². The van der Waals surface area contributed by atoms with E-state index < -0.39 is 0 Å². The molecule has 0 N–H and O–H groups in total. The Morgan fingerprint density at radius 2 is 0.369 bits per heavy atom. The Balaban J connectivity index is 0.558. The fraction of sp³-hybridized carbons (Fsp3) is 0.981. The van der Waals surface area contributed by atoms with Crippen molar-refractivity contribution in [2.45, 2.75) is 64.7 Å². The SMILES string of the molecule is CC1CC2CC3CC4C3C3C2C2C1C(C(=O)Cl)C1C5C2C2C3C3C4C4C3C3C2C2C5C1C1C5C2C2C3C3C4C4C3C3C2C2C5C1C1C5C6C7C8C9CC%10C%11C(C(=O)Cl)CCC%12CC%13CCC%14C%15C%13C(C%12%11)C%11C%10C%10C9C8C8C9C%10C%10C%11C%15C%14C%11C%10C%10C%11C%11C%12C(C9%10)C9C8C7C6C6C9C7C%12C%11C8C4C4C8C7C7C6C5C1C2C7C34. The lowest BCUT2D eigenvalue weighted by Gasteiger charge is -3.01. The minimum Gasteiger partial charge on any atom is -0.281 e. The Morgan fingerprint density at radius 3 is 0.694 bits per heavy atom. The van der Waals surface area contributed by atoms with Crippen LogP contribution in [0.4, 0.5) is 0 Å². The van der Waals surface area contributed by atoms with Gasteiger partial charge in [-0.05, 0) is 631 Å². The first-order valence-corrected chi connectivity index (χ1v) is 54.1. The van der Waals surface area contributed by atoms with Crippen molar-refractivity contribution in [3.05, 3.63) is 0 Å². The van der Waals surface area contributed by atoms with Crippen LogP contribution in [0.5, 0.6) is 0 Å². The zero-order valence-corrected chi connectivity index (χ0v) is 66.3. The van der Waals surface area contributed by atoms with Crippen LogP contribution in [0.2, 0.25) is 0 Å². The average Bonchev–Trinajstić information content (AvgIpc) is 0.586. The Bertz CT molecular complexity index is 5050. The highest BCUT2D eigenvalue weighted by molar-refractivity contribution is 6.64. The molecule has 95 unspecified atom stereocenters. The summed E-state index contributed by atoms with van der Waals surface area (Å²) < 4.78 is 0. The average molecular weight is 1510 g/mol. The third-order valence-corrected chi connectivity index (χ3v) is 66.3. The lowest BCUT2D eigenvalue weighted by molar-refractivity contribution is -0.541. The molecule has 95 atom stereocenters. The van der Waals surface area contributed by atoms with Gasteiger partial charge in [-0.15, -0.1) is 0 Å². The van der Waals surface area contributed by atoms with Crippen molar-refractivity contribution < 1.29 is 9.59 Å². The zero-order chi connectivity index (χ0) is 67.4. The summed E-state index contributed by atoms with van der Waals surface area (Å²) in [5, 5.41) is 0.464. The number of hydrogen-bond acceptors (Lipinski definition) is 2. The van der Waals surface area contributed by atoms with Crippen molar-refractivity contribution >= 4 is 33.7 Å². The van der Waals surface area contributed by atoms with E-state index in [4.69, 9.17) is 23.2 Å². The standard InChI is InChI=1S/C107H116Cl2O2/c1-11-6-14-8-15-9-18-22(15)34-25(14)33-21(11)105(107(109)111)104-102-44(33)55-45(34)41-29(18)42-49(41)59-66(55)99-96-79-69(59)63-52(42)64-71(63)81-87(79)94-91-84-75-65(76(84)97-95(94)98(96)100(97)103(104)101(99)102)54-43-32-20-10-19-26-17(106(108)110)5-3-12-7-13-2-4-16-27-24(13)35(23(12)26)40-30(19)37-31(20)38(32)48-57-47(37)56-46(40)36(27)28(16)39-50(56)60-51(39)62-72-77(67(57)60)68-58(48)53(43)61(54)70-78(68)86-82(72)73(62)83-74(64)85-89(81)93(91)88(80(70)75)92(86)90(83)85/h11-105H,2-10H2,1H3. The fourth-order valence-corrected chi connectivity index (χ4v) is 72.5. The number of hydrogen-bond donors (Lipinski definition) is 0. The van der Waals surface area contributed by atoms with E-state index in [-0.39, 0.29) is 22.3 Å². The molecule has 47 aliphatic carbocycles. The van der Waals surface area contributed by atoms with E-state index in [0.717, 1.165) is 272 Å². The minimum atomic E-state index is 0.193. The molecule has 0 aromatic heterocycles. The summed E-state index contributed by atoms with van der Waals surface area (Å²) >= 11 is 15.4. The lowest BCUT2D eigenvalue weighted by atomic mass is 9.04. The van der Waals surface area contributed by atoms with E-state index in [1.165, 1.54) is 280 Å². The predicted molar refractivity (Wildman–Crippen MR) is 400 cm³/mol. The van der Waals surface area contributed by atoms with Crippen molar-refractivity contribution in [3.8, 4) is 0 Å². The van der Waals surface area contributed by atoms with Gasteiger partial charge < -0.3 is 0 Å². The highest BCUT2D eigenvalue weighted by Gasteiger charge is 3.03. The Labute approximate surface area is 665 Å². The quantitative estimate of drug-likeness (QED) is 0.258. The number of fused-ring (bicyclic) bond motifs is 22. The Morgan fingerprint density at radius 1 is 0.162 bits per heavy atom. The Kier molecular flexibility index (Phi) is 7.11. The van der Waals surface area contributed by atoms with E-state index >= 15 is 9.59 Å². The van der Waals surface area contributed by atoms with Gasteiger partial charge >= 0.3 is 0 Å². The molecule has 111 heavy (non-hydrogen) atoms.